The summed E-state index contributed by atoms with van der Waals surface area (Å²) in [6.45, 7) is 3.24. The van der Waals surface area contributed by atoms with Gasteiger partial charge >= 0.3 is 0 Å². The zero-order valence-corrected chi connectivity index (χ0v) is 15.7. The van der Waals surface area contributed by atoms with E-state index in [1.165, 1.54) is 23.7 Å². The number of piperidine rings is 1. The number of nitrogens with one attached hydrogen (secondary N) is 1. The van der Waals surface area contributed by atoms with Gasteiger partial charge in [-0.1, -0.05) is 0 Å². The van der Waals surface area contributed by atoms with Gasteiger partial charge in [0.05, 0.1) is 6.20 Å². The van der Waals surface area contributed by atoms with Crippen molar-refractivity contribution in [3.8, 4) is 0 Å². The highest BCUT2D eigenvalue weighted by Crippen LogP contribution is 2.27. The Bertz CT molecular complexity index is 917. The van der Waals surface area contributed by atoms with Crippen molar-refractivity contribution in [2.75, 3.05) is 18.4 Å². The summed E-state index contributed by atoms with van der Waals surface area (Å²) in [6.07, 6.45) is 8.21. The molecule has 4 heterocycles. The molecule has 0 spiro atoms. The fourth-order valence-corrected chi connectivity index (χ4v) is 3.71. The number of thiazole rings is 1. The second-order valence-electron chi connectivity index (χ2n) is 6.40. The molecule has 1 atom stereocenters. The van der Waals surface area contributed by atoms with Crippen LogP contribution in [0.1, 0.15) is 40.8 Å². The van der Waals surface area contributed by atoms with Crippen molar-refractivity contribution in [1.29, 1.82) is 0 Å². The Hall–Kier alpha value is -2.94. The number of rotatable bonds is 4. The third-order valence-corrected chi connectivity index (χ3v) is 5.08. The number of aromatic nitrogens is 5. The molecule has 1 aliphatic heterocycles. The summed E-state index contributed by atoms with van der Waals surface area (Å²) in [5.41, 5.74) is 1.26. The van der Waals surface area contributed by atoms with E-state index in [4.69, 9.17) is 0 Å². The molecule has 1 amide bonds. The fourth-order valence-electron chi connectivity index (χ4n) is 3.18. The van der Waals surface area contributed by atoms with Crippen LogP contribution >= 0.6 is 11.3 Å². The summed E-state index contributed by atoms with van der Waals surface area (Å²) in [6, 6.07) is 1.90. The number of aryl methyl sites for hydroxylation is 1. The van der Waals surface area contributed by atoms with Gasteiger partial charge in [0.2, 0.25) is 0 Å². The van der Waals surface area contributed by atoms with E-state index in [0.717, 1.165) is 35.3 Å². The Labute approximate surface area is 160 Å². The van der Waals surface area contributed by atoms with Gasteiger partial charge in [-0.05, 0) is 19.8 Å². The van der Waals surface area contributed by atoms with Crippen LogP contribution in [0.2, 0.25) is 0 Å². The minimum atomic E-state index is -0.0958. The number of anilines is 2. The lowest BCUT2D eigenvalue weighted by molar-refractivity contribution is 0.0698. The average molecular weight is 381 g/mol. The summed E-state index contributed by atoms with van der Waals surface area (Å²) in [5, 5.41) is 5.93. The van der Waals surface area contributed by atoms with Crippen LogP contribution in [0.4, 0.5) is 10.9 Å². The second-order valence-corrected chi connectivity index (χ2v) is 7.29. The monoisotopic (exact) mass is 381 g/mol. The van der Waals surface area contributed by atoms with Gasteiger partial charge in [0.15, 0.2) is 5.13 Å². The predicted octanol–water partition coefficient (Wildman–Crippen LogP) is 2.79. The van der Waals surface area contributed by atoms with Crippen molar-refractivity contribution in [2.24, 2.45) is 0 Å². The van der Waals surface area contributed by atoms with E-state index in [-0.39, 0.29) is 11.8 Å². The molecule has 0 saturated carbocycles. The fraction of sp³-hybridized carbons (Fsp3) is 0.333. The molecule has 3 aromatic rings. The Kier molecular flexibility index (Phi) is 5.01. The summed E-state index contributed by atoms with van der Waals surface area (Å²) in [4.78, 5) is 36.1. The number of hydrogen-bond donors (Lipinski definition) is 1. The molecule has 0 aliphatic carbocycles. The first kappa shape index (κ1) is 17.5. The van der Waals surface area contributed by atoms with Crippen LogP contribution in [0.3, 0.4) is 0 Å². The lowest BCUT2D eigenvalue weighted by atomic mass is 9.96. The van der Waals surface area contributed by atoms with E-state index in [9.17, 15) is 4.79 Å². The van der Waals surface area contributed by atoms with Crippen molar-refractivity contribution in [3.05, 3.63) is 53.4 Å². The minimum absolute atomic E-state index is 0.0936. The van der Waals surface area contributed by atoms with Gasteiger partial charge in [-0.2, -0.15) is 0 Å². The van der Waals surface area contributed by atoms with E-state index < -0.39 is 0 Å². The lowest BCUT2D eigenvalue weighted by Crippen LogP contribution is -2.40. The Morgan fingerprint density at radius 2 is 2.19 bits per heavy atom. The Morgan fingerprint density at radius 1 is 1.26 bits per heavy atom. The highest BCUT2D eigenvalue weighted by atomic mass is 32.1. The summed E-state index contributed by atoms with van der Waals surface area (Å²) < 4.78 is 0. The van der Waals surface area contributed by atoms with Crippen LogP contribution in [0.25, 0.3) is 0 Å². The number of carbonyl (C=O) groups is 1. The van der Waals surface area contributed by atoms with Crippen LogP contribution < -0.4 is 5.32 Å². The molecule has 1 fully saturated rings. The Morgan fingerprint density at radius 3 is 2.96 bits per heavy atom. The molecule has 0 bridgehead atoms. The lowest BCUT2D eigenvalue weighted by Gasteiger charge is -2.32. The SMILES string of the molecule is Cc1cc(Nc2nccs2)nc(C2CCCN(C(=O)c3cnccn3)C2)n1. The molecular weight excluding hydrogens is 362 g/mol. The maximum absolute atomic E-state index is 12.7. The van der Waals surface area contributed by atoms with Crippen LogP contribution in [0, 0.1) is 6.92 Å². The molecule has 1 unspecified atom stereocenters. The summed E-state index contributed by atoms with van der Waals surface area (Å²) in [7, 11) is 0. The van der Waals surface area contributed by atoms with Crippen LogP contribution in [-0.4, -0.2) is 48.8 Å². The van der Waals surface area contributed by atoms with Gasteiger partial charge in [-0.15, -0.1) is 11.3 Å². The molecule has 1 aliphatic rings. The van der Waals surface area contributed by atoms with Gasteiger partial charge in [0.25, 0.3) is 5.91 Å². The van der Waals surface area contributed by atoms with Crippen molar-refractivity contribution in [1.82, 2.24) is 29.8 Å². The highest BCUT2D eigenvalue weighted by molar-refractivity contribution is 7.13. The van der Waals surface area contributed by atoms with Gasteiger partial charge in [0.1, 0.15) is 17.3 Å². The van der Waals surface area contributed by atoms with Crippen molar-refractivity contribution in [2.45, 2.75) is 25.7 Å². The van der Waals surface area contributed by atoms with Crippen LogP contribution in [-0.2, 0) is 0 Å². The third-order valence-electron chi connectivity index (χ3n) is 4.39. The molecule has 9 heteroatoms. The maximum atomic E-state index is 12.7. The first-order valence-electron chi connectivity index (χ1n) is 8.76. The molecule has 1 N–H and O–H groups in total. The predicted molar refractivity (Wildman–Crippen MR) is 102 cm³/mol. The van der Waals surface area contributed by atoms with Gasteiger partial charge in [-0.3, -0.25) is 9.78 Å². The average Bonchev–Trinajstić information content (AvgIpc) is 3.21. The van der Waals surface area contributed by atoms with Crippen molar-refractivity contribution in [3.63, 3.8) is 0 Å². The number of amides is 1. The van der Waals surface area contributed by atoms with E-state index in [0.29, 0.717) is 18.8 Å². The molecule has 27 heavy (non-hydrogen) atoms. The quantitative estimate of drug-likeness (QED) is 0.742. The van der Waals surface area contributed by atoms with Gasteiger partial charge < -0.3 is 10.2 Å². The highest BCUT2D eigenvalue weighted by Gasteiger charge is 2.28. The van der Waals surface area contributed by atoms with Crippen molar-refractivity contribution >= 4 is 28.2 Å². The van der Waals surface area contributed by atoms with Crippen molar-refractivity contribution < 1.29 is 4.79 Å². The first-order valence-corrected chi connectivity index (χ1v) is 9.64. The standard InChI is InChI=1S/C18H19N7OS/c1-12-9-15(24-18-21-6-8-27-18)23-16(22-12)13-3-2-7-25(11-13)17(26)14-10-19-4-5-20-14/h4-6,8-10,13H,2-3,7,11H2,1H3,(H,21,22,23,24). The summed E-state index contributed by atoms with van der Waals surface area (Å²) >= 11 is 1.52. The van der Waals surface area contributed by atoms with Gasteiger partial charge in [0, 0.05) is 54.7 Å². The van der Waals surface area contributed by atoms with Crippen LogP contribution in [0.5, 0.6) is 0 Å². The molecule has 8 nitrogen and oxygen atoms in total. The number of likely N-dealkylation sites (tertiary alicyclic amines) is 1. The zero-order chi connectivity index (χ0) is 18.6. The molecular formula is C18H19N7OS. The smallest absolute Gasteiger partial charge is 0.274 e. The second kappa shape index (κ2) is 7.75. The number of hydrogen-bond acceptors (Lipinski definition) is 8. The van der Waals surface area contributed by atoms with Crippen LogP contribution in [0.15, 0.2) is 36.2 Å². The van der Waals surface area contributed by atoms with E-state index in [1.807, 2.05) is 23.3 Å². The molecule has 1 saturated heterocycles. The van der Waals surface area contributed by atoms with E-state index in [1.54, 1.807) is 12.4 Å². The summed E-state index contributed by atoms with van der Waals surface area (Å²) in [5.74, 6) is 1.48. The Balaban J connectivity index is 1.52. The number of nitrogens with zero attached hydrogens (tertiary/aromatic N) is 6. The molecule has 4 rings (SSSR count). The minimum Gasteiger partial charge on any atom is -0.337 e. The normalized spacial score (nSPS) is 16.9. The zero-order valence-electron chi connectivity index (χ0n) is 14.9. The molecule has 3 aromatic heterocycles. The molecule has 138 valence electrons. The van der Waals surface area contributed by atoms with Gasteiger partial charge in [-0.25, -0.2) is 19.9 Å². The first-order chi connectivity index (χ1) is 13.2. The topological polar surface area (TPSA) is 96.8 Å². The largest absolute Gasteiger partial charge is 0.337 e. The van der Waals surface area contributed by atoms with E-state index >= 15 is 0 Å². The molecule has 0 aromatic carbocycles. The van der Waals surface area contributed by atoms with E-state index in [2.05, 4.69) is 30.2 Å². The third kappa shape index (κ3) is 4.08. The molecule has 0 radical (unpaired) electrons. The maximum Gasteiger partial charge on any atom is 0.274 e. The number of carbonyl (C=O) groups excluding carboxylic acids is 1.